The van der Waals surface area contributed by atoms with Crippen LogP contribution in [0.15, 0.2) is 35.3 Å². The maximum Gasteiger partial charge on any atom is 0.335 e. The van der Waals surface area contributed by atoms with E-state index >= 15 is 0 Å². The largest absolute Gasteiger partial charge is 0.370 e. The average molecular weight is 547 g/mol. The lowest BCUT2D eigenvalue weighted by Gasteiger charge is -2.36. The van der Waals surface area contributed by atoms with E-state index in [0.717, 1.165) is 38.8 Å². The molecule has 5 amide bonds. The second-order valence-electron chi connectivity index (χ2n) is 8.82. The van der Waals surface area contributed by atoms with E-state index in [4.69, 9.17) is 40.5 Å². The summed E-state index contributed by atoms with van der Waals surface area (Å²) in [6.45, 7) is 2.09. The standard InChI is InChI=1S/C22H31ClN12O3/c23-15-17(35(28)21(26)38)32-16(34(27)20(25)37)14(31-15)18(36)33-19(24)30-12-22(8-10-29-11-9-22)7-6-13-4-2-1-3-5-13/h1-5,29H,6-12,27-28H2,(H2,25,37)(H2,26,38)(H3,24,30,33,36). The second kappa shape index (κ2) is 12.5. The molecule has 0 aliphatic carbocycles. The van der Waals surface area contributed by atoms with Crippen LogP contribution in [0.3, 0.4) is 0 Å². The van der Waals surface area contributed by atoms with Crippen LogP contribution in [0.1, 0.15) is 35.3 Å². The van der Waals surface area contributed by atoms with Crippen molar-refractivity contribution in [2.45, 2.75) is 25.7 Å². The number of aliphatic imine (C=N–C) groups is 1. The van der Waals surface area contributed by atoms with Gasteiger partial charge in [0.2, 0.25) is 0 Å². The number of carbonyl (C=O) groups excluding carboxylic acids is 3. The van der Waals surface area contributed by atoms with Gasteiger partial charge in [0.15, 0.2) is 28.4 Å². The normalized spacial score (nSPS) is 15.0. The Balaban J connectivity index is 1.80. The van der Waals surface area contributed by atoms with Crippen molar-refractivity contribution in [3.8, 4) is 0 Å². The van der Waals surface area contributed by atoms with Crippen LogP contribution in [0.2, 0.25) is 5.15 Å². The maximum absolute atomic E-state index is 13.0. The summed E-state index contributed by atoms with van der Waals surface area (Å²) in [7, 11) is 0. The lowest BCUT2D eigenvalue weighted by Crippen LogP contribution is -2.46. The zero-order valence-electron chi connectivity index (χ0n) is 20.6. The Bertz CT molecular complexity index is 1200. The first-order valence-corrected chi connectivity index (χ1v) is 12.0. The van der Waals surface area contributed by atoms with Crippen molar-refractivity contribution in [2.24, 2.45) is 39.3 Å². The van der Waals surface area contributed by atoms with Crippen LogP contribution in [-0.4, -0.2) is 53.5 Å². The molecule has 0 bridgehead atoms. The van der Waals surface area contributed by atoms with Crippen molar-refractivity contribution in [2.75, 3.05) is 29.7 Å². The van der Waals surface area contributed by atoms with Gasteiger partial charge in [0.05, 0.1) is 0 Å². The Morgan fingerprint density at radius 3 is 2.21 bits per heavy atom. The van der Waals surface area contributed by atoms with Gasteiger partial charge >= 0.3 is 12.1 Å². The lowest BCUT2D eigenvalue weighted by atomic mass is 9.74. The molecular formula is C22H31ClN12O3. The van der Waals surface area contributed by atoms with E-state index in [0.29, 0.717) is 16.6 Å². The first-order chi connectivity index (χ1) is 18.0. The first-order valence-electron chi connectivity index (χ1n) is 11.6. The Morgan fingerprint density at radius 2 is 1.61 bits per heavy atom. The van der Waals surface area contributed by atoms with Gasteiger partial charge in [0.1, 0.15) is 0 Å². The van der Waals surface area contributed by atoms with Gasteiger partial charge in [0.25, 0.3) is 5.91 Å². The number of primary amides is 2. The third-order valence-corrected chi connectivity index (χ3v) is 6.50. The molecule has 15 nitrogen and oxygen atoms in total. The number of carbonyl (C=O) groups is 3. The van der Waals surface area contributed by atoms with Crippen LogP contribution in [0, 0.1) is 5.41 Å². The summed E-state index contributed by atoms with van der Waals surface area (Å²) >= 11 is 6.05. The number of guanidine groups is 1. The van der Waals surface area contributed by atoms with Gasteiger partial charge in [-0.25, -0.2) is 41.3 Å². The van der Waals surface area contributed by atoms with E-state index < -0.39 is 40.5 Å². The fraction of sp³-hybridized carbons (Fsp3) is 0.364. The van der Waals surface area contributed by atoms with Crippen molar-refractivity contribution in [3.05, 3.63) is 46.7 Å². The Kier molecular flexibility index (Phi) is 9.35. The predicted molar refractivity (Wildman–Crippen MR) is 143 cm³/mol. The number of benzene rings is 1. The number of amides is 5. The third kappa shape index (κ3) is 7.04. The molecule has 0 radical (unpaired) electrons. The van der Waals surface area contributed by atoms with Crippen LogP contribution in [-0.2, 0) is 6.42 Å². The number of hydrogen-bond acceptors (Lipinski definition) is 9. The van der Waals surface area contributed by atoms with Crippen molar-refractivity contribution < 1.29 is 14.4 Å². The Morgan fingerprint density at radius 1 is 1.00 bits per heavy atom. The van der Waals surface area contributed by atoms with E-state index in [-0.39, 0.29) is 11.4 Å². The highest BCUT2D eigenvalue weighted by Gasteiger charge is 2.32. The highest BCUT2D eigenvalue weighted by molar-refractivity contribution is 6.32. The third-order valence-electron chi connectivity index (χ3n) is 6.24. The molecule has 1 aromatic heterocycles. The Labute approximate surface area is 223 Å². The summed E-state index contributed by atoms with van der Waals surface area (Å²) in [5, 5.41) is 5.98. The molecule has 0 spiro atoms. The van der Waals surface area contributed by atoms with Crippen molar-refractivity contribution in [1.82, 2.24) is 20.6 Å². The minimum absolute atomic E-state index is 0.105. The molecular weight excluding hydrogens is 516 g/mol. The molecule has 0 unspecified atom stereocenters. The van der Waals surface area contributed by atoms with Crippen molar-refractivity contribution in [3.63, 3.8) is 0 Å². The van der Waals surface area contributed by atoms with E-state index in [1.54, 1.807) is 0 Å². The molecule has 2 aromatic rings. The SMILES string of the molecule is NC(=O)N(N)c1nc(N(N)C(N)=O)c(C(=O)NC(N)=NCC2(CCc3ccccc3)CCNCC2)nc1Cl. The van der Waals surface area contributed by atoms with Gasteiger partial charge in [-0.2, -0.15) is 0 Å². The number of nitrogens with two attached hydrogens (primary N) is 5. The van der Waals surface area contributed by atoms with Gasteiger partial charge in [-0.15, -0.1) is 0 Å². The zero-order chi connectivity index (χ0) is 27.9. The number of hydrogen-bond donors (Lipinski definition) is 7. The lowest BCUT2D eigenvalue weighted by molar-refractivity contribution is 0.0971. The van der Waals surface area contributed by atoms with Crippen molar-refractivity contribution >= 4 is 47.2 Å². The Hall–Kier alpha value is -4.05. The number of aryl methyl sites for hydroxylation is 1. The minimum atomic E-state index is -1.18. The average Bonchev–Trinajstić information content (AvgIpc) is 2.91. The van der Waals surface area contributed by atoms with E-state index in [1.165, 1.54) is 5.56 Å². The van der Waals surface area contributed by atoms with Gasteiger partial charge in [0, 0.05) is 6.54 Å². The van der Waals surface area contributed by atoms with Gasteiger partial charge in [-0.05, 0) is 49.8 Å². The molecule has 2 heterocycles. The van der Waals surface area contributed by atoms with Crippen LogP contribution in [0.4, 0.5) is 21.2 Å². The number of urea groups is 2. The van der Waals surface area contributed by atoms with Gasteiger partial charge in [-0.3, -0.25) is 15.1 Å². The van der Waals surface area contributed by atoms with Crippen LogP contribution >= 0.6 is 11.6 Å². The van der Waals surface area contributed by atoms with Crippen LogP contribution < -0.4 is 49.5 Å². The summed E-state index contributed by atoms with van der Waals surface area (Å²) in [6.07, 6.45) is 3.57. The second-order valence-corrected chi connectivity index (χ2v) is 9.18. The number of nitrogens with one attached hydrogen (secondary N) is 2. The van der Waals surface area contributed by atoms with Gasteiger partial charge < -0.3 is 22.5 Å². The van der Waals surface area contributed by atoms with Crippen molar-refractivity contribution in [1.29, 1.82) is 0 Å². The number of anilines is 2. The molecule has 38 heavy (non-hydrogen) atoms. The summed E-state index contributed by atoms with van der Waals surface area (Å²) in [5.74, 6) is 9.06. The summed E-state index contributed by atoms with van der Waals surface area (Å²) in [5.41, 5.74) is 17.0. The topological polar surface area (TPSA) is 250 Å². The molecule has 1 fully saturated rings. The van der Waals surface area contributed by atoms with Crippen LogP contribution in [0.25, 0.3) is 0 Å². The molecule has 1 aliphatic heterocycles. The molecule has 204 valence electrons. The monoisotopic (exact) mass is 546 g/mol. The van der Waals surface area contributed by atoms with E-state index in [9.17, 15) is 14.4 Å². The minimum Gasteiger partial charge on any atom is -0.370 e. The van der Waals surface area contributed by atoms with Crippen LogP contribution in [0.5, 0.6) is 0 Å². The zero-order valence-corrected chi connectivity index (χ0v) is 21.3. The fourth-order valence-electron chi connectivity index (χ4n) is 4.05. The van der Waals surface area contributed by atoms with E-state index in [2.05, 4.69) is 37.7 Å². The summed E-state index contributed by atoms with van der Waals surface area (Å²) < 4.78 is 0. The summed E-state index contributed by atoms with van der Waals surface area (Å²) in [4.78, 5) is 48.3. The predicted octanol–water partition coefficient (Wildman–Crippen LogP) is -0.305. The number of nitrogens with zero attached hydrogens (tertiary/aromatic N) is 5. The van der Waals surface area contributed by atoms with Gasteiger partial charge in [-0.1, -0.05) is 41.9 Å². The molecule has 16 heteroatoms. The highest BCUT2D eigenvalue weighted by atomic mass is 35.5. The molecule has 0 atom stereocenters. The smallest absolute Gasteiger partial charge is 0.335 e. The molecule has 0 saturated carbocycles. The fourth-order valence-corrected chi connectivity index (χ4v) is 4.26. The summed E-state index contributed by atoms with van der Waals surface area (Å²) in [6, 6.07) is 7.84. The number of piperidine rings is 1. The molecule has 3 rings (SSSR count). The first kappa shape index (κ1) is 28.5. The molecule has 12 N–H and O–H groups in total. The molecule has 1 aromatic carbocycles. The molecule has 1 aliphatic rings. The number of halogens is 1. The quantitative estimate of drug-likeness (QED) is 0.0752. The van der Waals surface area contributed by atoms with E-state index in [1.807, 2.05) is 18.2 Å². The maximum atomic E-state index is 13.0. The number of aromatic nitrogens is 2. The number of hydrazine groups is 2. The molecule has 1 saturated heterocycles. The highest BCUT2D eigenvalue weighted by Crippen LogP contribution is 2.34. The number of rotatable bonds is 8.